The van der Waals surface area contributed by atoms with Gasteiger partial charge in [-0.25, -0.2) is 0 Å². The first-order valence-electron chi connectivity index (χ1n) is 5.97. The summed E-state index contributed by atoms with van der Waals surface area (Å²) in [6.07, 6.45) is 0. The highest BCUT2D eigenvalue weighted by Gasteiger charge is 2.37. The zero-order valence-electron chi connectivity index (χ0n) is 10.2. The van der Waals surface area contributed by atoms with Crippen LogP contribution in [0.25, 0.3) is 0 Å². The first-order chi connectivity index (χ1) is 9.58. The third kappa shape index (κ3) is 1.96. The van der Waals surface area contributed by atoms with Crippen molar-refractivity contribution in [3.63, 3.8) is 0 Å². The molecule has 0 fully saturated rings. The van der Waals surface area contributed by atoms with Crippen LogP contribution in [-0.2, 0) is 4.79 Å². The number of hydrogen-bond donors (Lipinski definition) is 1. The molecule has 1 aliphatic rings. The second-order valence-electron chi connectivity index (χ2n) is 4.47. The van der Waals surface area contributed by atoms with Gasteiger partial charge in [-0.3, -0.25) is 9.59 Å². The van der Waals surface area contributed by atoms with Gasteiger partial charge in [-0.15, -0.1) is 0 Å². The smallest absolute Gasteiger partial charge is 0.312 e. The average molecular weight is 292 g/mol. The Labute approximate surface area is 119 Å². The second-order valence-corrected chi connectivity index (χ2v) is 4.84. The van der Waals surface area contributed by atoms with Crippen LogP contribution in [0.5, 0.6) is 0 Å². The Hall–Kier alpha value is -2.27. The highest BCUT2D eigenvalue weighted by molar-refractivity contribution is 6.29. The number of carboxylic acids is 1. The summed E-state index contributed by atoms with van der Waals surface area (Å²) >= 11 is 5.66. The van der Waals surface area contributed by atoms with Crippen molar-refractivity contribution in [2.75, 3.05) is 11.4 Å². The number of para-hydroxylation sites is 1. The fourth-order valence-electron chi connectivity index (χ4n) is 2.37. The number of carboxylic acid groups (broad SMARTS) is 1. The van der Waals surface area contributed by atoms with Gasteiger partial charge in [0.1, 0.15) is 5.92 Å². The van der Waals surface area contributed by atoms with Gasteiger partial charge in [0.05, 0.1) is 0 Å². The summed E-state index contributed by atoms with van der Waals surface area (Å²) in [6.45, 7) is 0.0891. The predicted octanol–water partition coefficient (Wildman–Crippen LogP) is 2.76. The number of carbonyl (C=O) groups excluding carboxylic acids is 1. The van der Waals surface area contributed by atoms with E-state index in [0.29, 0.717) is 11.3 Å². The summed E-state index contributed by atoms with van der Waals surface area (Å²) in [4.78, 5) is 25.1. The lowest BCUT2D eigenvalue weighted by atomic mass is 10.0. The van der Waals surface area contributed by atoms with Crippen molar-refractivity contribution in [2.45, 2.75) is 5.92 Å². The third-order valence-corrected chi connectivity index (χ3v) is 3.50. The summed E-state index contributed by atoms with van der Waals surface area (Å²) in [7, 11) is 0. The lowest BCUT2D eigenvalue weighted by Gasteiger charge is -2.15. The van der Waals surface area contributed by atoms with Crippen LogP contribution in [-0.4, -0.2) is 23.5 Å². The highest BCUT2D eigenvalue weighted by Crippen LogP contribution is 2.37. The minimum absolute atomic E-state index is 0.0891. The van der Waals surface area contributed by atoms with E-state index in [0.717, 1.165) is 0 Å². The van der Waals surface area contributed by atoms with E-state index in [-0.39, 0.29) is 17.5 Å². The van der Waals surface area contributed by atoms with Crippen molar-refractivity contribution in [1.82, 2.24) is 0 Å². The fraction of sp³-hybridized carbons (Fsp3) is 0.143. The topological polar surface area (TPSA) is 70.8 Å². The van der Waals surface area contributed by atoms with Gasteiger partial charge in [0, 0.05) is 12.2 Å². The van der Waals surface area contributed by atoms with E-state index >= 15 is 0 Å². The maximum Gasteiger partial charge on any atom is 0.312 e. The van der Waals surface area contributed by atoms with Gasteiger partial charge in [-0.2, -0.15) is 0 Å². The van der Waals surface area contributed by atoms with Crippen LogP contribution >= 0.6 is 11.6 Å². The molecule has 0 radical (unpaired) electrons. The summed E-state index contributed by atoms with van der Waals surface area (Å²) in [6, 6.07) is 9.91. The molecule has 0 saturated carbocycles. The number of amides is 1. The molecule has 1 aromatic heterocycles. The maximum absolute atomic E-state index is 12.4. The van der Waals surface area contributed by atoms with Crippen molar-refractivity contribution < 1.29 is 19.1 Å². The standard InChI is InChI=1S/C14H10ClNO4/c15-12-6-5-11(20-12)13(17)16-7-9(14(18)19)8-3-1-2-4-10(8)16/h1-6,9H,7H2,(H,18,19)/t9-/m1/s1. The number of carbonyl (C=O) groups is 2. The Morgan fingerprint density at radius 3 is 2.65 bits per heavy atom. The molecule has 5 nitrogen and oxygen atoms in total. The minimum Gasteiger partial charge on any atom is -0.481 e. The van der Waals surface area contributed by atoms with E-state index in [4.69, 9.17) is 16.0 Å². The molecule has 3 rings (SSSR count). The van der Waals surface area contributed by atoms with Crippen molar-refractivity contribution >= 4 is 29.2 Å². The van der Waals surface area contributed by atoms with Crippen molar-refractivity contribution in [1.29, 1.82) is 0 Å². The second kappa shape index (κ2) is 4.68. The SMILES string of the molecule is O=C(O)[C@@H]1CN(C(=O)c2ccc(Cl)o2)c2ccccc21. The normalized spacial score (nSPS) is 17.1. The van der Waals surface area contributed by atoms with E-state index in [1.807, 2.05) is 0 Å². The van der Waals surface area contributed by atoms with Crippen LogP contribution in [0.4, 0.5) is 5.69 Å². The van der Waals surface area contributed by atoms with E-state index in [2.05, 4.69) is 0 Å². The molecular formula is C14H10ClNO4. The Morgan fingerprint density at radius 2 is 2.00 bits per heavy atom. The third-order valence-electron chi connectivity index (χ3n) is 3.30. The van der Waals surface area contributed by atoms with E-state index < -0.39 is 17.8 Å². The first-order valence-corrected chi connectivity index (χ1v) is 6.34. The number of benzene rings is 1. The molecule has 0 spiro atoms. The van der Waals surface area contributed by atoms with Gasteiger partial charge in [0.25, 0.3) is 5.91 Å². The Kier molecular flexibility index (Phi) is 2.99. The predicted molar refractivity (Wildman–Crippen MR) is 72.2 cm³/mol. The molecule has 1 aliphatic heterocycles. The van der Waals surface area contributed by atoms with Gasteiger partial charge in [0.2, 0.25) is 0 Å². The molecule has 0 bridgehead atoms. The molecule has 20 heavy (non-hydrogen) atoms. The van der Waals surface area contributed by atoms with Crippen LogP contribution < -0.4 is 4.90 Å². The van der Waals surface area contributed by atoms with Crippen molar-refractivity contribution in [2.24, 2.45) is 0 Å². The number of halogens is 1. The van der Waals surface area contributed by atoms with Gasteiger partial charge in [0.15, 0.2) is 11.0 Å². The Bertz CT molecular complexity index is 694. The van der Waals surface area contributed by atoms with Gasteiger partial charge in [-0.1, -0.05) is 18.2 Å². The zero-order chi connectivity index (χ0) is 14.3. The number of fused-ring (bicyclic) bond motifs is 1. The monoisotopic (exact) mass is 291 g/mol. The molecular weight excluding hydrogens is 282 g/mol. The van der Waals surface area contributed by atoms with Crippen LogP contribution in [0.1, 0.15) is 22.0 Å². The highest BCUT2D eigenvalue weighted by atomic mass is 35.5. The van der Waals surface area contributed by atoms with E-state index in [9.17, 15) is 14.7 Å². The quantitative estimate of drug-likeness (QED) is 0.923. The molecule has 0 aliphatic carbocycles. The average Bonchev–Trinajstić information content (AvgIpc) is 3.02. The molecule has 2 aromatic rings. The Morgan fingerprint density at radius 1 is 1.25 bits per heavy atom. The number of rotatable bonds is 2. The van der Waals surface area contributed by atoms with E-state index in [1.54, 1.807) is 24.3 Å². The summed E-state index contributed by atoms with van der Waals surface area (Å²) in [5.74, 6) is -1.98. The molecule has 0 saturated heterocycles. The minimum atomic E-state index is -0.953. The molecule has 1 amide bonds. The summed E-state index contributed by atoms with van der Waals surface area (Å²) in [5.41, 5.74) is 1.23. The Balaban J connectivity index is 2.00. The maximum atomic E-state index is 12.4. The number of aliphatic carboxylic acids is 1. The van der Waals surface area contributed by atoms with Crippen LogP contribution in [0.2, 0.25) is 5.22 Å². The molecule has 1 N–H and O–H groups in total. The summed E-state index contributed by atoms with van der Waals surface area (Å²) in [5, 5.41) is 9.37. The number of nitrogens with zero attached hydrogens (tertiary/aromatic N) is 1. The molecule has 1 aromatic carbocycles. The number of furan rings is 1. The van der Waals surface area contributed by atoms with Crippen LogP contribution in [0, 0.1) is 0 Å². The van der Waals surface area contributed by atoms with Gasteiger partial charge >= 0.3 is 5.97 Å². The molecule has 0 unspecified atom stereocenters. The summed E-state index contributed by atoms with van der Waals surface area (Å²) < 4.78 is 5.10. The van der Waals surface area contributed by atoms with Crippen molar-refractivity contribution in [3.8, 4) is 0 Å². The molecule has 2 heterocycles. The van der Waals surface area contributed by atoms with E-state index in [1.165, 1.54) is 17.0 Å². The molecule has 102 valence electrons. The number of anilines is 1. The van der Waals surface area contributed by atoms with Gasteiger partial charge in [-0.05, 0) is 35.4 Å². The lowest BCUT2D eigenvalue weighted by molar-refractivity contribution is -0.138. The zero-order valence-corrected chi connectivity index (χ0v) is 11.0. The molecule has 1 atom stereocenters. The lowest BCUT2D eigenvalue weighted by Crippen LogP contribution is -2.30. The van der Waals surface area contributed by atoms with Crippen LogP contribution in [0.15, 0.2) is 40.8 Å². The number of hydrogen-bond acceptors (Lipinski definition) is 3. The first kappa shape index (κ1) is 12.7. The molecule has 6 heteroatoms. The van der Waals surface area contributed by atoms with Crippen molar-refractivity contribution in [3.05, 3.63) is 52.9 Å². The van der Waals surface area contributed by atoms with Gasteiger partial charge < -0.3 is 14.4 Å². The largest absolute Gasteiger partial charge is 0.481 e. The van der Waals surface area contributed by atoms with Crippen LogP contribution in [0.3, 0.4) is 0 Å². The fourth-order valence-corrected chi connectivity index (χ4v) is 2.52.